The number of carbonyl (C=O) groups excluding carboxylic acids is 15. The van der Waals surface area contributed by atoms with Crippen LogP contribution in [0.2, 0.25) is 0 Å². The van der Waals surface area contributed by atoms with Crippen molar-refractivity contribution < 1.29 is 134 Å². The van der Waals surface area contributed by atoms with Gasteiger partial charge in [0.1, 0.15) is 55.0 Å². The van der Waals surface area contributed by atoms with Gasteiger partial charge in [0.05, 0.1) is 120 Å². The van der Waals surface area contributed by atoms with E-state index in [-0.39, 0.29) is 166 Å². The van der Waals surface area contributed by atoms with Crippen LogP contribution in [-0.4, -0.2) is 270 Å². The zero-order valence-corrected chi connectivity index (χ0v) is 74.3. The number of rotatable bonds is 46. The Morgan fingerprint density at radius 2 is 1.42 bits per heavy atom. The molecule has 14 N–H and O–H groups in total. The highest BCUT2D eigenvalue weighted by Crippen LogP contribution is 2.46. The number of esters is 2. The number of anilines is 1. The maximum absolute atomic E-state index is 15.6. The summed E-state index contributed by atoms with van der Waals surface area (Å²) >= 11 is 0. The predicted molar refractivity (Wildman–Crippen MR) is 462 cm³/mol. The van der Waals surface area contributed by atoms with Gasteiger partial charge in [-0.05, 0) is 116 Å². The number of imide groups is 1. The molecular weight excluding hydrogens is 1750 g/mol. The van der Waals surface area contributed by atoms with E-state index in [2.05, 4.69) is 47.9 Å². The van der Waals surface area contributed by atoms with Gasteiger partial charge in [-0.15, -0.1) is 0 Å². The van der Waals surface area contributed by atoms with Crippen molar-refractivity contribution in [3.05, 3.63) is 133 Å². The van der Waals surface area contributed by atoms with E-state index in [1.165, 1.54) is 39.6 Å². The van der Waals surface area contributed by atoms with Gasteiger partial charge in [-0.3, -0.25) is 62.2 Å². The van der Waals surface area contributed by atoms with Crippen LogP contribution < -0.4 is 63.9 Å². The highest BCUT2D eigenvalue weighted by Gasteiger charge is 2.47. The molecule has 0 radical (unpaired) electrons. The van der Waals surface area contributed by atoms with Crippen molar-refractivity contribution in [3.63, 3.8) is 0 Å². The fraction of sp³-hybridized carbons (Fsp3) is 0.506. The summed E-state index contributed by atoms with van der Waals surface area (Å²) in [4.78, 5) is 238. The van der Waals surface area contributed by atoms with Crippen LogP contribution in [0.15, 0.2) is 77.6 Å². The molecule has 14 amide bonds. The van der Waals surface area contributed by atoms with Crippen molar-refractivity contribution in [2.24, 2.45) is 11.7 Å². The number of aryl methyl sites for hydroxylation is 1. The highest BCUT2D eigenvalue weighted by molar-refractivity contribution is 7.51. The molecule has 43 nitrogen and oxygen atoms in total. The summed E-state index contributed by atoms with van der Waals surface area (Å²) in [5.41, 5.74) is 7.80. The number of nitrogens with two attached hydrogens (primary N) is 1. The number of fused-ring (bicyclic) bond motifs is 5. The summed E-state index contributed by atoms with van der Waals surface area (Å²) in [5, 5.41) is 35.6. The number of aliphatic hydroxyl groups is 1. The summed E-state index contributed by atoms with van der Waals surface area (Å²) in [6.45, 7) is 6.23. The van der Waals surface area contributed by atoms with Crippen LogP contribution in [0.1, 0.15) is 136 Å². The van der Waals surface area contributed by atoms with Gasteiger partial charge in [-0.1, -0.05) is 45.0 Å². The van der Waals surface area contributed by atoms with E-state index in [1.54, 1.807) is 70.2 Å². The Bertz CT molecular complexity index is 5340. The van der Waals surface area contributed by atoms with Crippen LogP contribution in [-0.2, 0) is 133 Å². The predicted octanol–water partition coefficient (Wildman–Crippen LogP) is 0.975. The molecule has 0 saturated carbocycles. The summed E-state index contributed by atoms with van der Waals surface area (Å²) < 4.78 is 72.1. The molecule has 3 aromatic carbocycles. The van der Waals surface area contributed by atoms with Gasteiger partial charge in [-0.25, -0.2) is 33.3 Å². The van der Waals surface area contributed by atoms with Gasteiger partial charge in [-0.2, -0.15) is 0 Å². The van der Waals surface area contributed by atoms with Crippen LogP contribution in [0, 0.1) is 18.7 Å². The summed E-state index contributed by atoms with van der Waals surface area (Å²) in [6.07, 6.45) is 0.128. The Balaban J connectivity index is 0.607. The highest BCUT2D eigenvalue weighted by atomic mass is 31.2. The van der Waals surface area contributed by atoms with E-state index in [0.717, 1.165) is 17.7 Å². The fourth-order valence-electron chi connectivity index (χ4n) is 16.1. The van der Waals surface area contributed by atoms with Gasteiger partial charge < -0.3 is 121 Å². The Morgan fingerprint density at radius 3 is 2.10 bits per heavy atom. The van der Waals surface area contributed by atoms with Crippen molar-refractivity contribution in [2.75, 3.05) is 111 Å². The minimum Gasteiger partial charge on any atom is -0.464 e. The van der Waals surface area contributed by atoms with Crippen molar-refractivity contribution in [3.8, 4) is 17.1 Å². The Kier molecular flexibility index (Phi) is 34.7. The number of urea groups is 1. The first-order chi connectivity index (χ1) is 63.0. The number of primary amides is 1. The molecule has 2 saturated heterocycles. The average Bonchev–Trinajstić information content (AvgIpc) is 1.41. The molecule has 11 rings (SSSR count). The molecule has 5 aromatic rings. The number of nitrogens with one attached hydrogen (secondary N) is 9. The second kappa shape index (κ2) is 45.9. The van der Waals surface area contributed by atoms with Gasteiger partial charge in [0.15, 0.2) is 5.60 Å². The Morgan fingerprint density at radius 1 is 0.727 bits per heavy atom. The molecule has 1 unspecified atom stereocenters. The second-order valence-corrected chi connectivity index (χ2v) is 34.5. The zero-order chi connectivity index (χ0) is 95.3. The zero-order valence-electron chi connectivity index (χ0n) is 73.4. The monoisotopic (exact) mass is 1860 g/mol. The molecule has 0 bridgehead atoms. The maximum Gasteiger partial charge on any atom is 0.415 e. The molecule has 8 atom stereocenters. The number of amides is 14. The number of ether oxygens (including phenoxy) is 8. The molecule has 1 aliphatic carbocycles. The van der Waals surface area contributed by atoms with Crippen LogP contribution in [0.5, 0.6) is 5.75 Å². The molecule has 45 heteroatoms. The largest absolute Gasteiger partial charge is 0.464 e. The van der Waals surface area contributed by atoms with E-state index >= 15 is 4.39 Å². The number of hydrogen-bond acceptors (Lipinski definition) is 27. The molecule has 2 aromatic heterocycles. The summed E-state index contributed by atoms with van der Waals surface area (Å²) in [5.74, 6) is -10.3. The molecular formula is C87H109FN15O28P. The van der Waals surface area contributed by atoms with E-state index in [1.807, 2.05) is 0 Å². The first-order valence-corrected chi connectivity index (χ1v) is 45.1. The number of carbonyl (C=O) groups is 15. The van der Waals surface area contributed by atoms with Crippen LogP contribution in [0.4, 0.5) is 24.5 Å². The van der Waals surface area contributed by atoms with Gasteiger partial charge >= 0.3 is 37.8 Å². The number of halogens is 1. The minimum absolute atomic E-state index is 0.00312. The number of aromatic nitrogens is 2. The number of pyridine rings is 2. The summed E-state index contributed by atoms with van der Waals surface area (Å²) in [7, 11) is -2.97. The number of benzene rings is 3. The third kappa shape index (κ3) is 26.1. The quantitative estimate of drug-likeness (QED) is 0.00832. The number of nitrogens with zero attached hydrogens (tertiary/aromatic N) is 5. The smallest absolute Gasteiger partial charge is 0.415 e. The Hall–Kier alpha value is -12.7. The fourth-order valence-corrected chi connectivity index (χ4v) is 16.6. The molecule has 5 aliphatic heterocycles. The lowest BCUT2D eigenvalue weighted by molar-refractivity contribution is -0.172. The van der Waals surface area contributed by atoms with Crippen LogP contribution in [0.3, 0.4) is 0 Å². The topological polar surface area (TPSA) is 587 Å². The standard InChI is InChI=1S/C87H109FN15O28P/c1-6-87(120)58-40-65-76-56(45-102(65)81(114)57(58)47-129-83(87)116)74-60(19-18-55-49(4)59(88)41-63(97-76)73(55)74)94-69(106)39-51-10-7-12-54(38-51)131-85(118)100(5)44-53-11-9-27-101(53)86(119)130-46-50-14-16-52(17-15-50)93-77(110)61(13-8-25-91-84(89)117)98-80(113)75(48(2)3)99-78(111)64(42-70(107)95-62-22-29-128-82(62)115)96-68(105)23-28-124-31-33-126-35-36-127-34-32-125-30-26-90-79(112)66(103-71(108)20-21-72(103)109)43-92-67(104)24-37-132(121,122)123/h7,10,12,14-17,20-21,38,40-41,48,53,60-62,64,66,75,120H,6,8-9,11,13,18-19,22-37,39,42-47H2,1-5H3,(H,90,112)(H,92,104)(H,93,110)(H,94,106)(H,95,107)(H,96,105)(H,98,113)(H,99,111)(H3,89,91,117)(H2,121,122,123)/t53?,60-,61-,62-,64-,66-,75-,87-/m0/s1. The SMILES string of the molecule is CC[C@@]1(O)C(=O)OCc2c1cc1n(c2=O)Cc2c-1nc1cc(F)c(C)c3c1c2[C@@H](NC(=O)Cc1cccc(OC(=O)N(C)CC2CCCN2C(=O)OCc2ccc(NC(=O)[C@H](CCCNC(N)=O)NC(=O)[C@@H](NC(=O)[C@H](CC(=O)N[C@H]4CCOC4=O)NC(=O)CCOCCOCCOCCOCCNC(=O)[C@H](CNC(=O)CCP(=O)(O)O)N4C(=O)C=CC4=O)C(C)C)cc2)c1)CC3. The van der Waals surface area contributed by atoms with Gasteiger partial charge in [0, 0.05) is 99.5 Å². The number of likely N-dealkylation sites (N-methyl/N-ethyl adjacent to an activating group) is 1. The van der Waals surface area contributed by atoms with E-state index in [4.69, 9.17) is 58.4 Å². The first-order valence-electron chi connectivity index (χ1n) is 43.3. The summed E-state index contributed by atoms with van der Waals surface area (Å²) in [6, 6.07) is 6.91. The first kappa shape index (κ1) is 99.9. The maximum atomic E-state index is 15.6. The lowest BCUT2D eigenvalue weighted by Crippen LogP contribution is -2.58. The lowest BCUT2D eigenvalue weighted by atomic mass is 9.81. The van der Waals surface area contributed by atoms with Crippen molar-refractivity contribution in [1.82, 2.24) is 66.8 Å². The lowest BCUT2D eigenvalue weighted by Gasteiger charge is -2.31. The number of hydrogen-bond donors (Lipinski definition) is 13. The molecule has 712 valence electrons. The van der Waals surface area contributed by atoms with Crippen molar-refractivity contribution in [2.45, 2.75) is 172 Å². The number of cyclic esters (lactones) is 2. The molecule has 0 spiro atoms. The van der Waals surface area contributed by atoms with Crippen molar-refractivity contribution >= 4 is 113 Å². The van der Waals surface area contributed by atoms with Gasteiger partial charge in [0.2, 0.25) is 47.3 Å². The van der Waals surface area contributed by atoms with Crippen LogP contribution in [0.25, 0.3) is 22.3 Å². The van der Waals surface area contributed by atoms with Crippen molar-refractivity contribution in [1.29, 1.82) is 0 Å². The molecule has 7 heterocycles. The number of likely N-dealkylation sites (tertiary alicyclic amines) is 1. The third-order valence-corrected chi connectivity index (χ3v) is 23.9. The average molecular weight is 1860 g/mol. The molecule has 132 heavy (non-hydrogen) atoms. The van der Waals surface area contributed by atoms with E-state index in [9.17, 15) is 86.4 Å². The molecule has 6 aliphatic rings. The molecule has 2 fully saturated rings. The minimum atomic E-state index is -4.49. The third-order valence-electron chi connectivity index (χ3n) is 23.0. The normalized spacial score (nSPS) is 17.9. The van der Waals surface area contributed by atoms with Gasteiger partial charge in [0.25, 0.3) is 17.4 Å². The van der Waals surface area contributed by atoms with E-state index < -0.39 is 182 Å². The second-order valence-electron chi connectivity index (χ2n) is 32.7. The Labute approximate surface area is 756 Å². The van der Waals surface area contributed by atoms with Crippen LogP contribution >= 0.6 is 7.60 Å². The van der Waals surface area contributed by atoms with E-state index in [0.29, 0.717) is 87.2 Å².